The van der Waals surface area contributed by atoms with Crippen LogP contribution in [0.3, 0.4) is 0 Å². The molecule has 0 spiro atoms. The Morgan fingerprint density at radius 1 is 1.03 bits per heavy atom. The van der Waals surface area contributed by atoms with Gasteiger partial charge in [0, 0.05) is 5.02 Å². The predicted octanol–water partition coefficient (Wildman–Crippen LogP) is 5.23. The van der Waals surface area contributed by atoms with Crippen molar-refractivity contribution in [3.8, 4) is 5.75 Å². The minimum Gasteiger partial charge on any atom is -0.495 e. The topological polar surface area (TPSA) is 77.4 Å². The number of rotatable bonds is 6. The number of sulfonamides is 1. The van der Waals surface area contributed by atoms with E-state index < -0.39 is 10.0 Å². The van der Waals surface area contributed by atoms with E-state index >= 15 is 0 Å². The Morgan fingerprint density at radius 3 is 2.45 bits per heavy atom. The minimum atomic E-state index is -3.88. The van der Waals surface area contributed by atoms with E-state index in [1.165, 1.54) is 25.3 Å². The molecule has 0 atom stereocenters. The summed E-state index contributed by atoms with van der Waals surface area (Å²) in [6, 6.07) is 16.4. The number of nitrogens with one attached hydrogen (secondary N) is 1. The Hall–Kier alpha value is -2.52. The highest BCUT2D eigenvalue weighted by molar-refractivity contribution is 7.92. The molecule has 0 amide bonds. The normalized spacial score (nSPS) is 11.6. The summed E-state index contributed by atoms with van der Waals surface area (Å²) in [6.45, 7) is 0.366. The van der Waals surface area contributed by atoms with E-state index in [0.717, 1.165) is 16.9 Å². The summed E-state index contributed by atoms with van der Waals surface area (Å²) in [7, 11) is -2.40. The first-order valence-corrected chi connectivity index (χ1v) is 12.1. The molecule has 4 aromatic rings. The molecule has 0 aliphatic heterocycles. The van der Waals surface area contributed by atoms with Crippen molar-refractivity contribution in [2.24, 2.45) is 0 Å². The average Bonchev–Trinajstić information content (AvgIpc) is 3.04. The minimum absolute atomic E-state index is 0.0480. The molecule has 1 N–H and O–H groups in total. The molecule has 0 radical (unpaired) electrons. The summed E-state index contributed by atoms with van der Waals surface area (Å²) in [4.78, 5) is 12.4. The molecular weight excluding hydrogens is 479 g/mol. The lowest BCUT2D eigenvalue weighted by molar-refractivity contribution is 0.415. The number of nitrogens with zero attached hydrogens (tertiary/aromatic N) is 1. The summed E-state index contributed by atoms with van der Waals surface area (Å²) in [5, 5.41) is 0.905. The SMILES string of the molecule is COc1ccc(NS(=O)(=O)c2ccc3c(c2)sc(=O)n3Cc2ccc(Cl)cc2)cc1Cl. The fraction of sp³-hybridized carbons (Fsp3) is 0.0952. The first-order valence-electron chi connectivity index (χ1n) is 9.01. The molecule has 1 heterocycles. The zero-order valence-electron chi connectivity index (χ0n) is 16.1. The van der Waals surface area contributed by atoms with E-state index in [-0.39, 0.29) is 14.8 Å². The summed E-state index contributed by atoms with van der Waals surface area (Å²) in [6.07, 6.45) is 0. The largest absolute Gasteiger partial charge is 0.495 e. The Balaban J connectivity index is 1.65. The Labute approximate surface area is 192 Å². The van der Waals surface area contributed by atoms with Gasteiger partial charge in [0.05, 0.1) is 39.5 Å². The highest BCUT2D eigenvalue weighted by Gasteiger charge is 2.18. The molecule has 0 aliphatic rings. The van der Waals surface area contributed by atoms with Crippen LogP contribution in [0.2, 0.25) is 10.0 Å². The van der Waals surface area contributed by atoms with Gasteiger partial charge in [-0.2, -0.15) is 0 Å². The van der Waals surface area contributed by atoms with Crippen molar-refractivity contribution in [1.29, 1.82) is 0 Å². The zero-order chi connectivity index (χ0) is 22.2. The van der Waals surface area contributed by atoms with Gasteiger partial charge in [0.25, 0.3) is 10.0 Å². The van der Waals surface area contributed by atoms with Gasteiger partial charge >= 0.3 is 4.87 Å². The van der Waals surface area contributed by atoms with Crippen LogP contribution in [0.15, 0.2) is 70.4 Å². The molecule has 0 bridgehead atoms. The second kappa shape index (κ2) is 8.55. The van der Waals surface area contributed by atoms with Gasteiger partial charge in [0.1, 0.15) is 5.75 Å². The van der Waals surface area contributed by atoms with Crippen molar-refractivity contribution in [2.45, 2.75) is 11.4 Å². The number of hydrogen-bond donors (Lipinski definition) is 1. The number of benzene rings is 3. The molecule has 4 rings (SSSR count). The van der Waals surface area contributed by atoms with Gasteiger partial charge in [-0.15, -0.1) is 0 Å². The number of thiazole rings is 1. The van der Waals surface area contributed by atoms with Crippen molar-refractivity contribution < 1.29 is 13.2 Å². The summed E-state index contributed by atoms with van der Waals surface area (Å²) in [5.41, 5.74) is 1.89. The van der Waals surface area contributed by atoms with Crippen LogP contribution in [0.4, 0.5) is 5.69 Å². The number of aromatic nitrogens is 1. The van der Waals surface area contributed by atoms with Gasteiger partial charge < -0.3 is 4.74 Å². The molecule has 6 nitrogen and oxygen atoms in total. The molecule has 0 unspecified atom stereocenters. The number of ether oxygens (including phenoxy) is 1. The summed E-state index contributed by atoms with van der Waals surface area (Å²) >= 11 is 13.0. The molecule has 1 aromatic heterocycles. The Kier molecular flexibility index (Phi) is 5.98. The number of fused-ring (bicyclic) bond motifs is 1. The van der Waals surface area contributed by atoms with Crippen LogP contribution < -0.4 is 14.3 Å². The van der Waals surface area contributed by atoms with E-state index in [9.17, 15) is 13.2 Å². The van der Waals surface area contributed by atoms with E-state index in [0.29, 0.717) is 33.2 Å². The maximum absolute atomic E-state index is 12.8. The van der Waals surface area contributed by atoms with Crippen molar-refractivity contribution >= 4 is 60.5 Å². The Bertz CT molecular complexity index is 1430. The number of methoxy groups -OCH3 is 1. The molecule has 0 saturated heterocycles. The third kappa shape index (κ3) is 4.57. The lowest BCUT2D eigenvalue weighted by atomic mass is 10.2. The van der Waals surface area contributed by atoms with Crippen molar-refractivity contribution in [3.05, 3.63) is 85.9 Å². The standard InChI is InChI=1S/C21H16Cl2N2O4S2/c1-29-19-9-6-15(10-17(19)23)24-31(27,28)16-7-8-18-20(11-16)30-21(26)25(18)12-13-2-4-14(22)5-3-13/h2-11,24H,12H2,1H3. The third-order valence-electron chi connectivity index (χ3n) is 4.61. The summed E-state index contributed by atoms with van der Waals surface area (Å²) < 4.78 is 35.5. The Morgan fingerprint density at radius 2 is 1.77 bits per heavy atom. The highest BCUT2D eigenvalue weighted by atomic mass is 35.5. The highest BCUT2D eigenvalue weighted by Crippen LogP contribution is 2.29. The van der Waals surface area contributed by atoms with Gasteiger partial charge in [-0.25, -0.2) is 8.42 Å². The number of anilines is 1. The van der Waals surface area contributed by atoms with E-state index in [1.54, 1.807) is 34.9 Å². The zero-order valence-corrected chi connectivity index (χ0v) is 19.3. The number of halogens is 2. The van der Waals surface area contributed by atoms with Gasteiger partial charge in [0.2, 0.25) is 0 Å². The van der Waals surface area contributed by atoms with Crippen LogP contribution in [0.1, 0.15) is 5.56 Å². The summed E-state index contributed by atoms with van der Waals surface area (Å²) in [5.74, 6) is 0.442. The lowest BCUT2D eigenvalue weighted by Crippen LogP contribution is -2.14. The van der Waals surface area contributed by atoms with Gasteiger partial charge in [-0.3, -0.25) is 14.1 Å². The van der Waals surface area contributed by atoms with Gasteiger partial charge in [0.15, 0.2) is 0 Å². The van der Waals surface area contributed by atoms with Gasteiger partial charge in [-0.1, -0.05) is 46.7 Å². The fourth-order valence-electron chi connectivity index (χ4n) is 3.08. The lowest BCUT2D eigenvalue weighted by Gasteiger charge is -2.10. The first kappa shape index (κ1) is 21.7. The van der Waals surface area contributed by atoms with E-state index in [1.807, 2.05) is 12.1 Å². The van der Waals surface area contributed by atoms with Gasteiger partial charge in [-0.05, 0) is 54.1 Å². The third-order valence-corrected chi connectivity index (χ3v) is 7.48. The molecule has 0 saturated carbocycles. The van der Waals surface area contributed by atoms with Crippen LogP contribution >= 0.6 is 34.5 Å². The molecule has 0 fully saturated rings. The van der Waals surface area contributed by atoms with Crippen molar-refractivity contribution in [1.82, 2.24) is 4.57 Å². The van der Waals surface area contributed by atoms with Crippen molar-refractivity contribution in [3.63, 3.8) is 0 Å². The molecular formula is C21H16Cl2N2O4S2. The molecule has 160 valence electrons. The molecule has 31 heavy (non-hydrogen) atoms. The second-order valence-corrected chi connectivity index (χ2v) is 10.2. The average molecular weight is 495 g/mol. The monoisotopic (exact) mass is 494 g/mol. The van der Waals surface area contributed by atoms with Crippen LogP contribution in [0.25, 0.3) is 10.2 Å². The maximum Gasteiger partial charge on any atom is 0.308 e. The quantitative estimate of drug-likeness (QED) is 0.398. The maximum atomic E-state index is 12.8. The number of hydrogen-bond acceptors (Lipinski definition) is 5. The van der Waals surface area contributed by atoms with E-state index in [2.05, 4.69) is 4.72 Å². The molecule has 10 heteroatoms. The van der Waals surface area contributed by atoms with Crippen LogP contribution in [-0.2, 0) is 16.6 Å². The smallest absolute Gasteiger partial charge is 0.308 e. The second-order valence-electron chi connectivity index (χ2n) is 6.66. The van der Waals surface area contributed by atoms with Crippen molar-refractivity contribution in [2.75, 3.05) is 11.8 Å². The van der Waals surface area contributed by atoms with Crippen LogP contribution in [0.5, 0.6) is 5.75 Å². The molecule has 0 aliphatic carbocycles. The van der Waals surface area contributed by atoms with Crippen LogP contribution in [0, 0.1) is 0 Å². The first-order chi connectivity index (χ1) is 14.8. The molecule has 3 aromatic carbocycles. The fourth-order valence-corrected chi connectivity index (χ4v) is 5.54. The van der Waals surface area contributed by atoms with E-state index in [4.69, 9.17) is 27.9 Å². The predicted molar refractivity (Wildman–Crippen MR) is 125 cm³/mol. The van der Waals surface area contributed by atoms with Crippen LogP contribution in [-0.4, -0.2) is 20.1 Å².